The zero-order chi connectivity index (χ0) is 14.9. The smallest absolute Gasteiger partial charge is 0.275 e. The van der Waals surface area contributed by atoms with Gasteiger partial charge in [0.15, 0.2) is 11.5 Å². The van der Waals surface area contributed by atoms with Crippen molar-refractivity contribution in [1.29, 1.82) is 0 Å². The van der Waals surface area contributed by atoms with Gasteiger partial charge in [0.05, 0.1) is 19.7 Å². The zero-order valence-electron chi connectivity index (χ0n) is 12.0. The molecule has 0 radical (unpaired) electrons. The monoisotopic (exact) mass is 294 g/mol. The van der Waals surface area contributed by atoms with E-state index >= 15 is 0 Å². The zero-order valence-corrected chi connectivity index (χ0v) is 12.0. The molecule has 0 N–H and O–H groups in total. The van der Waals surface area contributed by atoms with Crippen LogP contribution in [-0.2, 0) is 9.47 Å². The highest BCUT2D eigenvalue weighted by molar-refractivity contribution is 5.93. The lowest BCUT2D eigenvalue weighted by molar-refractivity contribution is -0.0953. The molecule has 6 heteroatoms. The first-order chi connectivity index (χ1) is 10.1. The fourth-order valence-corrected chi connectivity index (χ4v) is 3.11. The molecule has 2 aliphatic heterocycles. The Bertz CT molecular complexity index is 531. The molecular formula is C15H19FN2O3. The van der Waals surface area contributed by atoms with E-state index in [1.807, 2.05) is 0 Å². The first-order valence-electron chi connectivity index (χ1n) is 7.16. The quantitative estimate of drug-likeness (QED) is 0.844. The minimum atomic E-state index is -0.575. The Morgan fingerprint density at radius 2 is 2.43 bits per heavy atom. The summed E-state index contributed by atoms with van der Waals surface area (Å²) in [7, 11) is 1.69. The second-order valence-electron chi connectivity index (χ2n) is 5.84. The van der Waals surface area contributed by atoms with Crippen LogP contribution in [0.5, 0.6) is 0 Å². The Labute approximate surface area is 123 Å². The number of ether oxygens (including phenoxy) is 2. The molecule has 0 bridgehead atoms. The van der Waals surface area contributed by atoms with Gasteiger partial charge in [-0.1, -0.05) is 0 Å². The average Bonchev–Trinajstić information content (AvgIpc) is 2.88. The van der Waals surface area contributed by atoms with Crippen molar-refractivity contribution in [3.63, 3.8) is 0 Å². The average molecular weight is 294 g/mol. The van der Waals surface area contributed by atoms with E-state index in [0.29, 0.717) is 25.6 Å². The molecule has 1 amide bonds. The Morgan fingerprint density at radius 3 is 3.14 bits per heavy atom. The number of hydrogen-bond donors (Lipinski definition) is 0. The van der Waals surface area contributed by atoms with Crippen molar-refractivity contribution >= 4 is 5.91 Å². The third kappa shape index (κ3) is 2.78. The summed E-state index contributed by atoms with van der Waals surface area (Å²) in [6, 6.07) is 2.73. The van der Waals surface area contributed by atoms with E-state index in [4.69, 9.17) is 9.47 Å². The summed E-state index contributed by atoms with van der Waals surface area (Å²) in [6.45, 7) is 2.48. The third-order valence-corrected chi connectivity index (χ3v) is 4.22. The van der Waals surface area contributed by atoms with Crippen LogP contribution in [0.3, 0.4) is 0 Å². The molecule has 1 aromatic rings. The van der Waals surface area contributed by atoms with Crippen LogP contribution < -0.4 is 0 Å². The van der Waals surface area contributed by atoms with Gasteiger partial charge in [-0.15, -0.1) is 0 Å². The van der Waals surface area contributed by atoms with E-state index in [-0.39, 0.29) is 17.2 Å². The SMILES string of the molecule is COCCC1COC2(C1)CN(C(=O)c1ncccc1F)C2. The van der Waals surface area contributed by atoms with Crippen LogP contribution in [0.1, 0.15) is 23.3 Å². The van der Waals surface area contributed by atoms with Crippen molar-refractivity contribution in [2.24, 2.45) is 5.92 Å². The van der Waals surface area contributed by atoms with Gasteiger partial charge in [0.2, 0.25) is 0 Å². The fraction of sp³-hybridized carbons (Fsp3) is 0.600. The maximum atomic E-state index is 13.6. The van der Waals surface area contributed by atoms with Crippen molar-refractivity contribution in [3.05, 3.63) is 29.8 Å². The number of aromatic nitrogens is 1. The summed E-state index contributed by atoms with van der Waals surface area (Å²) in [5.74, 6) is -0.454. The molecule has 0 aliphatic carbocycles. The summed E-state index contributed by atoms with van der Waals surface area (Å²) >= 11 is 0. The molecule has 114 valence electrons. The topological polar surface area (TPSA) is 51.7 Å². The van der Waals surface area contributed by atoms with Crippen LogP contribution in [-0.4, -0.2) is 54.8 Å². The number of rotatable bonds is 4. The molecule has 2 saturated heterocycles. The van der Waals surface area contributed by atoms with E-state index < -0.39 is 5.82 Å². The van der Waals surface area contributed by atoms with Gasteiger partial charge in [-0.25, -0.2) is 9.37 Å². The summed E-state index contributed by atoms with van der Waals surface area (Å²) in [4.78, 5) is 17.6. The maximum Gasteiger partial charge on any atom is 0.275 e. The fourth-order valence-electron chi connectivity index (χ4n) is 3.11. The number of hydrogen-bond acceptors (Lipinski definition) is 4. The number of likely N-dealkylation sites (tertiary alicyclic amines) is 1. The van der Waals surface area contributed by atoms with Gasteiger partial charge in [0.1, 0.15) is 5.60 Å². The number of pyridine rings is 1. The highest BCUT2D eigenvalue weighted by atomic mass is 19.1. The van der Waals surface area contributed by atoms with Crippen LogP contribution in [0.15, 0.2) is 18.3 Å². The van der Waals surface area contributed by atoms with Crippen LogP contribution >= 0.6 is 0 Å². The largest absolute Gasteiger partial charge is 0.385 e. The standard InChI is InChI=1S/C15H19FN2O3/c1-20-6-4-11-7-15(21-8-11)9-18(10-15)14(19)13-12(16)3-2-5-17-13/h2-3,5,11H,4,6-10H2,1H3. The highest BCUT2D eigenvalue weighted by Gasteiger charge is 2.51. The summed E-state index contributed by atoms with van der Waals surface area (Å²) in [5, 5.41) is 0. The number of carbonyl (C=O) groups is 1. The van der Waals surface area contributed by atoms with Crippen LogP contribution in [0.2, 0.25) is 0 Å². The molecule has 2 aliphatic rings. The number of halogens is 1. The molecule has 21 heavy (non-hydrogen) atoms. The molecule has 0 aromatic carbocycles. The first-order valence-corrected chi connectivity index (χ1v) is 7.16. The molecule has 1 aromatic heterocycles. The van der Waals surface area contributed by atoms with Crippen molar-refractivity contribution in [1.82, 2.24) is 9.88 Å². The number of nitrogens with zero attached hydrogens (tertiary/aromatic N) is 2. The third-order valence-electron chi connectivity index (χ3n) is 4.22. The van der Waals surface area contributed by atoms with E-state index in [2.05, 4.69) is 4.98 Å². The van der Waals surface area contributed by atoms with E-state index in [1.54, 1.807) is 12.0 Å². The van der Waals surface area contributed by atoms with Gasteiger partial charge in [-0.05, 0) is 30.9 Å². The number of carbonyl (C=O) groups excluding carboxylic acids is 1. The van der Waals surface area contributed by atoms with Gasteiger partial charge in [-0.2, -0.15) is 0 Å². The van der Waals surface area contributed by atoms with Gasteiger partial charge >= 0.3 is 0 Å². The summed E-state index contributed by atoms with van der Waals surface area (Å²) in [6.07, 6.45) is 3.34. The highest BCUT2D eigenvalue weighted by Crippen LogP contribution is 2.39. The molecule has 5 nitrogen and oxygen atoms in total. The summed E-state index contributed by atoms with van der Waals surface area (Å²) < 4.78 is 24.5. The molecule has 3 rings (SSSR count). The predicted molar refractivity (Wildman–Crippen MR) is 73.4 cm³/mol. The molecule has 3 heterocycles. The molecule has 1 spiro atoms. The van der Waals surface area contributed by atoms with E-state index in [0.717, 1.165) is 19.4 Å². The van der Waals surface area contributed by atoms with Crippen molar-refractivity contribution < 1.29 is 18.7 Å². The lowest BCUT2D eigenvalue weighted by Crippen LogP contribution is -2.63. The predicted octanol–water partition coefficient (Wildman–Crippen LogP) is 1.49. The lowest BCUT2D eigenvalue weighted by atomic mass is 9.86. The van der Waals surface area contributed by atoms with Crippen LogP contribution in [0.25, 0.3) is 0 Å². The number of methoxy groups -OCH3 is 1. The molecule has 2 fully saturated rings. The second-order valence-corrected chi connectivity index (χ2v) is 5.84. The minimum Gasteiger partial charge on any atom is -0.385 e. The van der Waals surface area contributed by atoms with Crippen LogP contribution in [0.4, 0.5) is 4.39 Å². The van der Waals surface area contributed by atoms with Gasteiger partial charge in [-0.3, -0.25) is 4.79 Å². The van der Waals surface area contributed by atoms with Crippen LogP contribution in [0, 0.1) is 11.7 Å². The van der Waals surface area contributed by atoms with Gasteiger partial charge in [0, 0.05) is 19.9 Å². The Hall–Kier alpha value is -1.53. The molecule has 0 saturated carbocycles. The molecule has 1 unspecified atom stereocenters. The van der Waals surface area contributed by atoms with Crippen molar-refractivity contribution in [3.8, 4) is 0 Å². The Kier molecular flexibility index (Phi) is 3.91. The number of amides is 1. The van der Waals surface area contributed by atoms with Gasteiger partial charge in [0.25, 0.3) is 5.91 Å². The first kappa shape index (κ1) is 14.4. The van der Waals surface area contributed by atoms with Gasteiger partial charge < -0.3 is 14.4 Å². The Morgan fingerprint density at radius 1 is 1.62 bits per heavy atom. The second kappa shape index (κ2) is 5.69. The Balaban J connectivity index is 1.56. The molecule has 1 atom stereocenters. The summed E-state index contributed by atoms with van der Waals surface area (Å²) in [5.41, 5.74) is -0.347. The lowest BCUT2D eigenvalue weighted by Gasteiger charge is -2.47. The maximum absolute atomic E-state index is 13.6. The van der Waals surface area contributed by atoms with E-state index in [9.17, 15) is 9.18 Å². The normalized spacial score (nSPS) is 23.3. The van der Waals surface area contributed by atoms with E-state index in [1.165, 1.54) is 18.3 Å². The molecular weight excluding hydrogens is 275 g/mol. The van der Waals surface area contributed by atoms with Crippen molar-refractivity contribution in [2.75, 3.05) is 33.4 Å². The minimum absolute atomic E-state index is 0.110. The van der Waals surface area contributed by atoms with Crippen molar-refractivity contribution in [2.45, 2.75) is 18.4 Å².